The van der Waals surface area contributed by atoms with E-state index < -0.39 is 40.6 Å². The van der Waals surface area contributed by atoms with Gasteiger partial charge in [-0.2, -0.15) is 0 Å². The van der Waals surface area contributed by atoms with Crippen LogP contribution in [0.1, 0.15) is 95.0 Å². The standard InChI is InChI=1S/C37H48N6O6S2.CH4/c1-4-23(3)31(33(45)43-18-10-15-30(43)32(44)40-37(19-26(37)5-2)34(46)41-51(49)28-16-17-28)39-35-38-27(22-50-35)14-8-6-7-11-24-12-9-13-25-20-42(36(47)48)21-29(24)25;/h5,7,9,11-13,22-23,26,28,30-31H,2,4,6,8,10,14-21H2,1,3H3,(H,38,39)(H,40,44)(H,41,46)(H,47,48);1H4/b11-7+;/t23?,26-,30+,31+,37-,51?;/m1./s1. The van der Waals surface area contributed by atoms with Gasteiger partial charge in [0.2, 0.25) is 11.8 Å². The van der Waals surface area contributed by atoms with Crippen molar-refractivity contribution >= 4 is 57.3 Å². The minimum absolute atomic E-state index is 0. The first-order valence-corrected chi connectivity index (χ1v) is 20.1. The number of fused-ring (bicyclic) bond motifs is 1. The molecular weight excluding hydrogens is 701 g/mol. The summed E-state index contributed by atoms with van der Waals surface area (Å²) in [5, 5.41) is 18.3. The van der Waals surface area contributed by atoms with Crippen LogP contribution in [0.15, 0.2) is 42.3 Å². The van der Waals surface area contributed by atoms with Gasteiger partial charge in [-0.05, 0) is 74.0 Å². The molecule has 14 heteroatoms. The lowest BCUT2D eigenvalue weighted by Crippen LogP contribution is -2.57. The summed E-state index contributed by atoms with van der Waals surface area (Å²) in [6, 6.07) is 4.69. The van der Waals surface area contributed by atoms with Crippen LogP contribution >= 0.6 is 11.3 Å². The molecule has 2 aliphatic carbocycles. The number of amides is 4. The molecule has 3 fully saturated rings. The molecule has 2 aromatic rings. The van der Waals surface area contributed by atoms with Crippen LogP contribution in [0.4, 0.5) is 9.93 Å². The molecule has 0 spiro atoms. The third-order valence-electron chi connectivity index (χ3n) is 10.6. The molecule has 6 rings (SSSR count). The topological polar surface area (TPSA) is 161 Å². The van der Waals surface area contributed by atoms with Gasteiger partial charge in [0.25, 0.3) is 5.91 Å². The fourth-order valence-electron chi connectivity index (χ4n) is 7.02. The van der Waals surface area contributed by atoms with Crippen LogP contribution < -0.4 is 15.4 Å². The van der Waals surface area contributed by atoms with Gasteiger partial charge in [-0.25, -0.2) is 14.0 Å². The minimum Gasteiger partial charge on any atom is -0.465 e. The molecule has 12 nitrogen and oxygen atoms in total. The van der Waals surface area contributed by atoms with E-state index in [-0.39, 0.29) is 36.3 Å². The molecule has 2 aliphatic heterocycles. The molecule has 2 unspecified atom stereocenters. The Labute approximate surface area is 313 Å². The van der Waals surface area contributed by atoms with Crippen molar-refractivity contribution in [3.63, 3.8) is 0 Å². The summed E-state index contributed by atoms with van der Waals surface area (Å²) < 4.78 is 15.0. The van der Waals surface area contributed by atoms with Crippen LogP contribution in [0.25, 0.3) is 6.08 Å². The predicted molar refractivity (Wildman–Crippen MR) is 205 cm³/mol. The van der Waals surface area contributed by atoms with Crippen LogP contribution in [0.5, 0.6) is 0 Å². The van der Waals surface area contributed by atoms with Gasteiger partial charge in [-0.3, -0.25) is 24.0 Å². The second-order valence-electron chi connectivity index (χ2n) is 14.2. The monoisotopic (exact) mass is 752 g/mol. The number of aromatic nitrogens is 1. The molecule has 2 saturated carbocycles. The van der Waals surface area contributed by atoms with Gasteiger partial charge in [0.15, 0.2) is 5.13 Å². The summed E-state index contributed by atoms with van der Waals surface area (Å²) in [6.45, 7) is 9.14. The molecule has 1 saturated heterocycles. The normalized spacial score (nSPS) is 23.7. The molecule has 52 heavy (non-hydrogen) atoms. The molecule has 4 aliphatic rings. The number of thiazole rings is 1. The van der Waals surface area contributed by atoms with Crippen molar-refractivity contribution in [1.82, 2.24) is 24.8 Å². The number of hydrogen-bond donors (Lipinski definition) is 4. The molecular formula is C38H52N6O6S2. The largest absolute Gasteiger partial charge is 0.465 e. The van der Waals surface area contributed by atoms with Gasteiger partial charge < -0.3 is 20.6 Å². The fraction of sp³-hybridized carbons (Fsp3) is 0.553. The lowest BCUT2D eigenvalue weighted by atomic mass is 9.97. The molecule has 4 amide bonds. The SMILES string of the molecule is C.C=C[C@@H]1C[C@]1(NC(=O)[C@@H]1CCCN1C(=O)[C@@H](Nc1nc(CCC/C=C/c2cccc3c2CN(C(=O)O)C3)cs1)C(C)CC)C(=O)NS(=O)C1CC1. The Morgan fingerprint density at radius 3 is 2.69 bits per heavy atom. The maximum atomic E-state index is 14.1. The summed E-state index contributed by atoms with van der Waals surface area (Å²) in [6.07, 6.45) is 11.4. The predicted octanol–water partition coefficient (Wildman–Crippen LogP) is 5.63. The van der Waals surface area contributed by atoms with Gasteiger partial charge in [-0.15, -0.1) is 17.9 Å². The number of benzene rings is 1. The quantitative estimate of drug-likeness (QED) is 0.127. The van der Waals surface area contributed by atoms with Crippen molar-refractivity contribution < 1.29 is 28.5 Å². The first-order chi connectivity index (χ1) is 24.5. The number of likely N-dealkylation sites (tertiary alicyclic amines) is 1. The number of nitrogens with zero attached hydrogens (tertiary/aromatic N) is 3. The summed E-state index contributed by atoms with van der Waals surface area (Å²) in [5.74, 6) is -1.27. The Kier molecular flexibility index (Phi) is 12.6. The van der Waals surface area contributed by atoms with E-state index in [1.165, 1.54) is 16.2 Å². The van der Waals surface area contributed by atoms with Crippen molar-refractivity contribution in [2.45, 2.75) is 115 Å². The van der Waals surface area contributed by atoms with Crippen molar-refractivity contribution in [2.75, 3.05) is 11.9 Å². The van der Waals surface area contributed by atoms with Crippen LogP contribution in [-0.4, -0.2) is 77.3 Å². The second-order valence-corrected chi connectivity index (χ2v) is 16.5. The van der Waals surface area contributed by atoms with E-state index in [4.69, 9.17) is 4.98 Å². The number of nitrogens with one attached hydrogen (secondary N) is 3. The van der Waals surface area contributed by atoms with Crippen molar-refractivity contribution in [3.05, 3.63) is 64.7 Å². The Morgan fingerprint density at radius 1 is 1.21 bits per heavy atom. The number of carbonyl (C=O) groups is 4. The van der Waals surface area contributed by atoms with E-state index in [0.717, 1.165) is 60.9 Å². The van der Waals surface area contributed by atoms with E-state index in [1.807, 2.05) is 37.4 Å². The Hall–Kier alpha value is -4.04. The Balaban J connectivity index is 0.00000523. The molecule has 6 atom stereocenters. The summed E-state index contributed by atoms with van der Waals surface area (Å²) in [5.41, 5.74) is 2.92. The lowest BCUT2D eigenvalue weighted by molar-refractivity contribution is -0.140. The summed E-state index contributed by atoms with van der Waals surface area (Å²) >= 11 is 1.46. The van der Waals surface area contributed by atoms with Crippen molar-refractivity contribution in [2.24, 2.45) is 11.8 Å². The minimum atomic E-state index is -1.47. The van der Waals surface area contributed by atoms with E-state index >= 15 is 0 Å². The molecule has 4 N–H and O–H groups in total. The van der Waals surface area contributed by atoms with Gasteiger partial charge in [0.05, 0.1) is 17.5 Å². The zero-order valence-corrected chi connectivity index (χ0v) is 30.9. The van der Waals surface area contributed by atoms with E-state index in [2.05, 4.69) is 34.1 Å². The Morgan fingerprint density at radius 2 is 2.00 bits per heavy atom. The zero-order chi connectivity index (χ0) is 36.3. The number of carbonyl (C=O) groups excluding carboxylic acids is 3. The number of hydrogen-bond acceptors (Lipinski definition) is 8. The van der Waals surface area contributed by atoms with Gasteiger partial charge in [0.1, 0.15) is 28.6 Å². The highest BCUT2D eigenvalue weighted by molar-refractivity contribution is 7.84. The highest BCUT2D eigenvalue weighted by Crippen LogP contribution is 2.45. The highest BCUT2D eigenvalue weighted by atomic mass is 32.2. The van der Waals surface area contributed by atoms with Crippen molar-refractivity contribution in [3.8, 4) is 0 Å². The number of aryl methyl sites for hydroxylation is 1. The van der Waals surface area contributed by atoms with Crippen LogP contribution in [0.2, 0.25) is 0 Å². The van der Waals surface area contributed by atoms with Crippen LogP contribution in [0, 0.1) is 11.8 Å². The first-order valence-electron chi connectivity index (χ1n) is 18.0. The van der Waals surface area contributed by atoms with Crippen LogP contribution in [-0.2, 0) is 44.9 Å². The van der Waals surface area contributed by atoms with E-state index in [9.17, 15) is 28.5 Å². The number of anilines is 1. The average Bonchev–Trinajstić information content (AvgIpc) is 3.89. The Bertz CT molecular complexity index is 1720. The zero-order valence-electron chi connectivity index (χ0n) is 29.3. The lowest BCUT2D eigenvalue weighted by Gasteiger charge is -2.32. The first kappa shape index (κ1) is 39.2. The number of allylic oxidation sites excluding steroid dienone is 1. The molecule has 282 valence electrons. The second kappa shape index (κ2) is 16.7. The van der Waals surface area contributed by atoms with Crippen molar-refractivity contribution in [1.29, 1.82) is 0 Å². The molecule has 1 aromatic heterocycles. The van der Waals surface area contributed by atoms with E-state index in [0.29, 0.717) is 44.0 Å². The maximum Gasteiger partial charge on any atom is 0.407 e. The van der Waals surface area contributed by atoms with Gasteiger partial charge in [-0.1, -0.05) is 64.1 Å². The number of carboxylic acid groups (broad SMARTS) is 1. The fourth-order valence-corrected chi connectivity index (χ4v) is 8.90. The maximum absolute atomic E-state index is 14.1. The number of rotatable bonds is 16. The van der Waals surface area contributed by atoms with Crippen LogP contribution in [0.3, 0.4) is 0 Å². The average molecular weight is 753 g/mol. The van der Waals surface area contributed by atoms with E-state index in [1.54, 1.807) is 11.0 Å². The number of unbranched alkanes of at least 4 members (excludes halogenated alkanes) is 1. The van der Waals surface area contributed by atoms with Gasteiger partial charge in [0, 0.05) is 24.4 Å². The molecule has 0 radical (unpaired) electrons. The summed E-state index contributed by atoms with van der Waals surface area (Å²) in [7, 11) is -1.47. The summed E-state index contributed by atoms with van der Waals surface area (Å²) in [4.78, 5) is 60.3. The van der Waals surface area contributed by atoms with Gasteiger partial charge >= 0.3 is 6.09 Å². The highest BCUT2D eigenvalue weighted by Gasteiger charge is 2.61. The molecule has 0 bridgehead atoms. The molecule has 1 aromatic carbocycles. The third kappa shape index (κ3) is 8.60. The smallest absolute Gasteiger partial charge is 0.407 e. The third-order valence-corrected chi connectivity index (χ3v) is 12.9. The molecule has 3 heterocycles.